The van der Waals surface area contributed by atoms with Crippen LogP contribution in [0.1, 0.15) is 11.6 Å². The van der Waals surface area contributed by atoms with Crippen LogP contribution in [0.25, 0.3) is 27.5 Å². The standard InChI is InChI=1S/C21H12ClN5O2/c22-18-14(9-11-5-1-4-8-16(11)25-18)17-15(10-23)19(24)27-21(29)13-7-3-2-6-12(13)20(28)26(17)27/h1-9,17H,24H2. The molecule has 0 saturated carbocycles. The minimum absolute atomic E-state index is 0.0680. The van der Waals surface area contributed by atoms with Crippen molar-refractivity contribution in [3.05, 3.63) is 91.6 Å². The first-order valence-corrected chi connectivity index (χ1v) is 9.12. The van der Waals surface area contributed by atoms with Gasteiger partial charge in [-0.2, -0.15) is 9.94 Å². The number of benzene rings is 2. The molecule has 7 nitrogen and oxygen atoms in total. The van der Waals surface area contributed by atoms with Gasteiger partial charge in [0.15, 0.2) is 0 Å². The summed E-state index contributed by atoms with van der Waals surface area (Å²) in [5.41, 5.74) is 6.40. The van der Waals surface area contributed by atoms with Crippen LogP contribution in [0.4, 0.5) is 0 Å². The second kappa shape index (κ2) is 6.06. The first-order chi connectivity index (χ1) is 14.0. The summed E-state index contributed by atoms with van der Waals surface area (Å²) in [4.78, 5) is 30.7. The van der Waals surface area contributed by atoms with Gasteiger partial charge < -0.3 is 5.73 Å². The number of allylic oxidation sites excluding steroid dienone is 1. The van der Waals surface area contributed by atoms with Crippen LogP contribution in [0.5, 0.6) is 0 Å². The molecule has 0 bridgehead atoms. The van der Waals surface area contributed by atoms with E-state index in [4.69, 9.17) is 17.3 Å². The van der Waals surface area contributed by atoms with Gasteiger partial charge in [0, 0.05) is 10.9 Å². The number of nitrogens with zero attached hydrogens (tertiary/aromatic N) is 4. The fraction of sp³-hybridized carbons (Fsp3) is 0.0476. The van der Waals surface area contributed by atoms with Crippen LogP contribution in [0.3, 0.4) is 0 Å². The minimum Gasteiger partial charge on any atom is -0.383 e. The summed E-state index contributed by atoms with van der Waals surface area (Å²) in [5.74, 6) is -0.0884. The summed E-state index contributed by atoms with van der Waals surface area (Å²) in [6.07, 6.45) is 0. The fourth-order valence-electron chi connectivity index (χ4n) is 3.82. The maximum absolute atomic E-state index is 13.3. The maximum atomic E-state index is 13.3. The number of hydrogen-bond donors (Lipinski definition) is 1. The van der Waals surface area contributed by atoms with E-state index >= 15 is 0 Å². The van der Waals surface area contributed by atoms with E-state index in [0.717, 1.165) is 10.1 Å². The maximum Gasteiger partial charge on any atom is 0.279 e. The molecule has 140 valence electrons. The highest BCUT2D eigenvalue weighted by molar-refractivity contribution is 6.30. The van der Waals surface area contributed by atoms with Crippen LogP contribution < -0.4 is 16.9 Å². The number of fused-ring (bicyclic) bond motifs is 3. The predicted molar refractivity (Wildman–Crippen MR) is 110 cm³/mol. The highest BCUT2D eigenvalue weighted by Gasteiger charge is 2.36. The lowest BCUT2D eigenvalue weighted by Crippen LogP contribution is -2.38. The van der Waals surface area contributed by atoms with Crippen molar-refractivity contribution in [1.82, 2.24) is 14.3 Å². The molecule has 0 amide bonds. The topological polar surface area (TPSA) is 107 Å². The van der Waals surface area contributed by atoms with E-state index in [1.807, 2.05) is 30.3 Å². The molecule has 0 spiro atoms. The van der Waals surface area contributed by atoms with Crippen molar-refractivity contribution in [3.8, 4) is 6.07 Å². The van der Waals surface area contributed by atoms with E-state index in [1.54, 1.807) is 30.3 Å². The van der Waals surface area contributed by atoms with Gasteiger partial charge >= 0.3 is 0 Å². The van der Waals surface area contributed by atoms with Crippen molar-refractivity contribution in [2.24, 2.45) is 5.73 Å². The van der Waals surface area contributed by atoms with E-state index in [2.05, 4.69) is 4.98 Å². The van der Waals surface area contributed by atoms with Crippen molar-refractivity contribution in [1.29, 1.82) is 5.26 Å². The summed E-state index contributed by atoms with van der Waals surface area (Å²) in [7, 11) is 0. The van der Waals surface area contributed by atoms with Crippen LogP contribution in [-0.4, -0.2) is 14.3 Å². The molecule has 0 radical (unpaired) electrons. The van der Waals surface area contributed by atoms with Gasteiger partial charge in [0.1, 0.15) is 28.7 Å². The van der Waals surface area contributed by atoms with Crippen LogP contribution in [0.15, 0.2) is 69.8 Å². The van der Waals surface area contributed by atoms with Crippen LogP contribution in [0.2, 0.25) is 5.15 Å². The zero-order valence-corrected chi connectivity index (χ0v) is 15.6. The molecule has 1 aliphatic rings. The molecule has 1 atom stereocenters. The molecule has 2 aromatic carbocycles. The largest absolute Gasteiger partial charge is 0.383 e. The average molecular weight is 402 g/mol. The molecule has 4 aromatic rings. The Hall–Kier alpha value is -3.89. The van der Waals surface area contributed by atoms with Crippen molar-refractivity contribution in [2.75, 3.05) is 0 Å². The summed E-state index contributed by atoms with van der Waals surface area (Å²) < 4.78 is 2.25. The number of rotatable bonds is 1. The molecule has 1 aliphatic heterocycles. The van der Waals surface area contributed by atoms with Gasteiger partial charge in [0.05, 0.1) is 16.3 Å². The van der Waals surface area contributed by atoms with Crippen molar-refractivity contribution >= 4 is 39.1 Å². The number of hydrogen-bond acceptors (Lipinski definition) is 5. The van der Waals surface area contributed by atoms with E-state index in [1.165, 1.54) is 4.68 Å². The Morgan fingerprint density at radius 2 is 1.69 bits per heavy atom. The third kappa shape index (κ3) is 2.27. The second-order valence-corrected chi connectivity index (χ2v) is 7.04. The van der Waals surface area contributed by atoms with E-state index in [0.29, 0.717) is 11.1 Å². The lowest BCUT2D eigenvalue weighted by Gasteiger charge is -2.18. The molecule has 0 saturated heterocycles. The number of para-hydroxylation sites is 1. The zero-order chi connectivity index (χ0) is 20.3. The Bertz CT molecular complexity index is 1540. The molecule has 0 fully saturated rings. The first kappa shape index (κ1) is 17.2. The van der Waals surface area contributed by atoms with E-state index < -0.39 is 17.2 Å². The average Bonchev–Trinajstić information content (AvgIpc) is 3.04. The van der Waals surface area contributed by atoms with Crippen molar-refractivity contribution < 1.29 is 0 Å². The van der Waals surface area contributed by atoms with Crippen molar-refractivity contribution in [2.45, 2.75) is 6.04 Å². The third-order valence-electron chi connectivity index (χ3n) is 5.15. The van der Waals surface area contributed by atoms with Gasteiger partial charge in [-0.15, -0.1) is 0 Å². The normalized spacial score (nSPS) is 15.7. The molecule has 2 aromatic heterocycles. The third-order valence-corrected chi connectivity index (χ3v) is 5.45. The molecule has 8 heteroatoms. The summed E-state index contributed by atoms with van der Waals surface area (Å²) >= 11 is 6.44. The summed E-state index contributed by atoms with van der Waals surface area (Å²) in [6, 6.07) is 16.7. The van der Waals surface area contributed by atoms with E-state index in [-0.39, 0.29) is 27.3 Å². The lowest BCUT2D eigenvalue weighted by molar-refractivity contribution is 0.538. The molecule has 1 unspecified atom stereocenters. The number of nitrogens with two attached hydrogens (primary N) is 1. The Kier molecular flexibility index (Phi) is 3.60. The predicted octanol–water partition coefficient (Wildman–Crippen LogP) is 2.62. The molecule has 5 rings (SSSR count). The molecule has 29 heavy (non-hydrogen) atoms. The van der Waals surface area contributed by atoms with Gasteiger partial charge in [-0.1, -0.05) is 41.9 Å². The fourth-order valence-corrected chi connectivity index (χ4v) is 4.07. The van der Waals surface area contributed by atoms with Crippen LogP contribution in [0, 0.1) is 11.3 Å². The highest BCUT2D eigenvalue weighted by atomic mass is 35.5. The summed E-state index contributed by atoms with van der Waals surface area (Å²) in [6.45, 7) is 0. The van der Waals surface area contributed by atoms with E-state index in [9.17, 15) is 14.9 Å². The molecule has 3 heterocycles. The number of nitriles is 1. The van der Waals surface area contributed by atoms with Gasteiger partial charge in [0.25, 0.3) is 11.1 Å². The number of pyridine rings is 1. The lowest BCUT2D eigenvalue weighted by atomic mass is 10.0. The second-order valence-electron chi connectivity index (χ2n) is 6.69. The quantitative estimate of drug-likeness (QED) is 0.493. The Morgan fingerprint density at radius 1 is 1.03 bits per heavy atom. The minimum atomic E-state index is -0.950. The molecule has 2 N–H and O–H groups in total. The van der Waals surface area contributed by atoms with Crippen molar-refractivity contribution in [3.63, 3.8) is 0 Å². The zero-order valence-electron chi connectivity index (χ0n) is 14.8. The smallest absolute Gasteiger partial charge is 0.279 e. The number of halogens is 1. The monoisotopic (exact) mass is 401 g/mol. The Labute approximate surface area is 168 Å². The Morgan fingerprint density at radius 3 is 2.41 bits per heavy atom. The van der Waals surface area contributed by atoms with Gasteiger partial charge in [-0.3, -0.25) is 9.59 Å². The molecular formula is C21H12ClN5O2. The van der Waals surface area contributed by atoms with Gasteiger partial charge in [-0.25, -0.2) is 9.67 Å². The van der Waals surface area contributed by atoms with Gasteiger partial charge in [-0.05, 0) is 24.3 Å². The van der Waals surface area contributed by atoms with Gasteiger partial charge in [0.2, 0.25) is 0 Å². The van der Waals surface area contributed by atoms with Crippen LogP contribution >= 0.6 is 11.6 Å². The SMILES string of the molecule is N#CC1=C(N)n2c(=O)c3ccccc3c(=O)n2C1c1cc2ccccc2nc1Cl. The molecular weight excluding hydrogens is 390 g/mol. The first-order valence-electron chi connectivity index (χ1n) is 8.75. The Balaban J connectivity index is 1.92. The van der Waals surface area contributed by atoms with Crippen LogP contribution in [-0.2, 0) is 0 Å². The highest BCUT2D eigenvalue weighted by Crippen LogP contribution is 2.36. The molecule has 0 aliphatic carbocycles. The summed E-state index contributed by atoms with van der Waals surface area (Å²) in [5, 5.41) is 11.2. The number of aromatic nitrogens is 3.